The zero-order valence-corrected chi connectivity index (χ0v) is 18.5. The van der Waals surface area contributed by atoms with Gasteiger partial charge in [-0.15, -0.1) is 0 Å². The van der Waals surface area contributed by atoms with E-state index >= 15 is 0 Å². The summed E-state index contributed by atoms with van der Waals surface area (Å²) in [6.45, 7) is 18.7. The molecule has 1 nitrogen and oxygen atoms in total. The van der Waals surface area contributed by atoms with E-state index in [-0.39, 0.29) is 6.10 Å². The van der Waals surface area contributed by atoms with Gasteiger partial charge in [0.15, 0.2) is 8.32 Å². The lowest BCUT2D eigenvalue weighted by Crippen LogP contribution is -2.53. The number of benzene rings is 1. The van der Waals surface area contributed by atoms with Gasteiger partial charge in [-0.05, 0) is 64.1 Å². The first-order valence-corrected chi connectivity index (χ1v) is 12.7. The van der Waals surface area contributed by atoms with Crippen LogP contribution in [-0.4, -0.2) is 14.4 Å². The van der Waals surface area contributed by atoms with Crippen molar-refractivity contribution < 1.29 is 4.43 Å². The third-order valence-electron chi connectivity index (χ3n) is 6.55. The second-order valence-electron chi connectivity index (χ2n) is 9.41. The third-order valence-corrected chi connectivity index (χ3v) is 12.3. The summed E-state index contributed by atoms with van der Waals surface area (Å²) in [6, 6.07) is 12.1. The van der Waals surface area contributed by atoms with E-state index in [1.165, 1.54) is 22.8 Å². The van der Waals surface area contributed by atoms with E-state index in [9.17, 15) is 0 Å². The molecule has 2 aliphatic rings. The standard InChI is InChI=1S/C24H36OSi/c1-16(2)13-22-24-21(15-26(25-22,17(3)4)18(5)6)14-19(7)23(24)20-11-9-8-10-12-20/h8-12,16-18,21-22H,7,13-15H2,1-6H3. The van der Waals surface area contributed by atoms with Gasteiger partial charge in [0.25, 0.3) is 0 Å². The smallest absolute Gasteiger partial charge is 0.199 e. The van der Waals surface area contributed by atoms with Crippen LogP contribution in [0.3, 0.4) is 0 Å². The van der Waals surface area contributed by atoms with Crippen molar-refractivity contribution in [3.63, 3.8) is 0 Å². The van der Waals surface area contributed by atoms with Crippen LogP contribution in [0, 0.1) is 11.8 Å². The highest BCUT2D eigenvalue weighted by Gasteiger charge is 2.52. The van der Waals surface area contributed by atoms with Crippen molar-refractivity contribution in [3.05, 3.63) is 53.6 Å². The molecule has 1 aliphatic heterocycles. The van der Waals surface area contributed by atoms with Crippen LogP contribution in [0.25, 0.3) is 5.57 Å². The number of fused-ring (bicyclic) bond motifs is 1. The molecular weight excluding hydrogens is 332 g/mol. The van der Waals surface area contributed by atoms with E-state index in [1.54, 1.807) is 5.57 Å². The summed E-state index contributed by atoms with van der Waals surface area (Å²) in [5, 5.41) is 0. The van der Waals surface area contributed by atoms with E-state index in [0.717, 1.165) is 12.8 Å². The van der Waals surface area contributed by atoms with Gasteiger partial charge in [-0.25, -0.2) is 0 Å². The molecule has 2 atom stereocenters. The highest BCUT2D eigenvalue weighted by molar-refractivity contribution is 6.76. The molecule has 0 saturated carbocycles. The van der Waals surface area contributed by atoms with Crippen molar-refractivity contribution in [2.75, 3.05) is 0 Å². The van der Waals surface area contributed by atoms with Crippen molar-refractivity contribution in [2.24, 2.45) is 11.8 Å². The van der Waals surface area contributed by atoms with E-state index in [1.807, 2.05) is 0 Å². The fraction of sp³-hybridized carbons (Fsp3) is 0.583. The molecule has 0 radical (unpaired) electrons. The zero-order valence-electron chi connectivity index (χ0n) is 17.5. The number of allylic oxidation sites excluding steroid dienone is 2. The molecule has 142 valence electrons. The van der Waals surface area contributed by atoms with Crippen LogP contribution in [0.4, 0.5) is 0 Å². The summed E-state index contributed by atoms with van der Waals surface area (Å²) in [4.78, 5) is 0. The quantitative estimate of drug-likeness (QED) is 0.498. The van der Waals surface area contributed by atoms with Crippen LogP contribution in [-0.2, 0) is 4.43 Å². The van der Waals surface area contributed by atoms with Gasteiger partial charge >= 0.3 is 0 Å². The molecule has 1 aliphatic carbocycles. The van der Waals surface area contributed by atoms with Crippen molar-refractivity contribution in [1.82, 2.24) is 0 Å². The lowest BCUT2D eigenvalue weighted by Gasteiger charge is -2.49. The Labute approximate surface area is 161 Å². The molecule has 0 amide bonds. The fourth-order valence-corrected chi connectivity index (χ4v) is 10.1. The monoisotopic (exact) mass is 368 g/mol. The lowest BCUT2D eigenvalue weighted by atomic mass is 9.89. The molecule has 0 aromatic heterocycles. The molecular formula is C24H36OSi. The zero-order chi connectivity index (χ0) is 19.1. The van der Waals surface area contributed by atoms with Gasteiger partial charge in [0.2, 0.25) is 0 Å². The predicted octanol–water partition coefficient (Wildman–Crippen LogP) is 7.23. The van der Waals surface area contributed by atoms with Crippen LogP contribution in [0.1, 0.15) is 59.9 Å². The summed E-state index contributed by atoms with van der Waals surface area (Å²) in [6.07, 6.45) is 2.54. The molecule has 3 rings (SSSR count). The molecule has 1 aromatic carbocycles. The molecule has 0 N–H and O–H groups in total. The minimum absolute atomic E-state index is 0.277. The second kappa shape index (κ2) is 7.48. The highest BCUT2D eigenvalue weighted by atomic mass is 28.4. The Kier molecular flexibility index (Phi) is 5.65. The topological polar surface area (TPSA) is 9.23 Å². The maximum Gasteiger partial charge on any atom is 0.199 e. The molecule has 1 saturated heterocycles. The molecule has 2 heteroatoms. The Bertz CT molecular complexity index is 675. The minimum atomic E-state index is -1.79. The Morgan fingerprint density at radius 2 is 1.65 bits per heavy atom. The Morgan fingerprint density at radius 1 is 1.04 bits per heavy atom. The third kappa shape index (κ3) is 3.38. The largest absolute Gasteiger partial charge is 0.410 e. The second-order valence-corrected chi connectivity index (χ2v) is 14.3. The molecule has 26 heavy (non-hydrogen) atoms. The van der Waals surface area contributed by atoms with Gasteiger partial charge in [-0.3, -0.25) is 0 Å². The lowest BCUT2D eigenvalue weighted by molar-refractivity contribution is 0.156. The highest BCUT2D eigenvalue weighted by Crippen LogP contribution is 2.55. The summed E-state index contributed by atoms with van der Waals surface area (Å²) in [5.74, 6) is 1.29. The van der Waals surface area contributed by atoms with Crippen LogP contribution < -0.4 is 0 Å². The summed E-state index contributed by atoms with van der Waals surface area (Å²) >= 11 is 0. The first-order chi connectivity index (χ1) is 12.3. The summed E-state index contributed by atoms with van der Waals surface area (Å²) in [7, 11) is -1.79. The molecule has 1 aromatic rings. The Hall–Kier alpha value is -1.12. The Morgan fingerprint density at radius 3 is 2.19 bits per heavy atom. The average molecular weight is 369 g/mol. The fourth-order valence-electron chi connectivity index (χ4n) is 5.27. The number of rotatable bonds is 5. The molecule has 2 unspecified atom stereocenters. The van der Waals surface area contributed by atoms with E-state index in [4.69, 9.17) is 4.43 Å². The van der Waals surface area contributed by atoms with Gasteiger partial charge in [0, 0.05) is 0 Å². The maximum atomic E-state index is 7.16. The van der Waals surface area contributed by atoms with Crippen molar-refractivity contribution in [1.29, 1.82) is 0 Å². The van der Waals surface area contributed by atoms with Crippen LogP contribution in [0.2, 0.25) is 17.1 Å². The number of hydrogen-bond acceptors (Lipinski definition) is 1. The van der Waals surface area contributed by atoms with Crippen LogP contribution in [0.15, 0.2) is 48.1 Å². The summed E-state index contributed by atoms with van der Waals surface area (Å²) < 4.78 is 7.16. The van der Waals surface area contributed by atoms with Crippen molar-refractivity contribution in [3.8, 4) is 0 Å². The first-order valence-electron chi connectivity index (χ1n) is 10.4. The minimum Gasteiger partial charge on any atom is -0.410 e. The van der Waals surface area contributed by atoms with Crippen LogP contribution >= 0.6 is 0 Å². The Balaban J connectivity index is 2.11. The van der Waals surface area contributed by atoms with E-state index in [2.05, 4.69) is 78.5 Å². The molecule has 1 heterocycles. The summed E-state index contributed by atoms with van der Waals surface area (Å²) in [5.41, 5.74) is 6.96. The SMILES string of the molecule is C=C1CC2C[Si](C(C)C)(C(C)C)OC(CC(C)C)C2=C1c1ccccc1. The van der Waals surface area contributed by atoms with Gasteiger partial charge in [0.05, 0.1) is 6.10 Å². The van der Waals surface area contributed by atoms with Gasteiger partial charge in [-0.1, -0.05) is 78.5 Å². The molecule has 0 spiro atoms. The van der Waals surface area contributed by atoms with Crippen LogP contribution in [0.5, 0.6) is 0 Å². The van der Waals surface area contributed by atoms with Gasteiger partial charge in [0.1, 0.15) is 0 Å². The van der Waals surface area contributed by atoms with Crippen molar-refractivity contribution >= 4 is 13.9 Å². The predicted molar refractivity (Wildman–Crippen MR) is 116 cm³/mol. The van der Waals surface area contributed by atoms with Gasteiger partial charge in [-0.2, -0.15) is 0 Å². The van der Waals surface area contributed by atoms with Crippen molar-refractivity contribution in [2.45, 2.75) is 77.6 Å². The maximum absolute atomic E-state index is 7.16. The molecule has 1 fully saturated rings. The normalized spacial score (nSPS) is 25.5. The van der Waals surface area contributed by atoms with E-state index < -0.39 is 8.32 Å². The van der Waals surface area contributed by atoms with Gasteiger partial charge < -0.3 is 4.43 Å². The number of hydrogen-bond donors (Lipinski definition) is 0. The molecule has 0 bridgehead atoms. The van der Waals surface area contributed by atoms with E-state index in [0.29, 0.717) is 22.9 Å². The average Bonchev–Trinajstić information content (AvgIpc) is 2.90. The first kappa shape index (κ1) is 19.6.